The van der Waals surface area contributed by atoms with Crippen LogP contribution in [0.1, 0.15) is 66.0 Å². The van der Waals surface area contributed by atoms with Gasteiger partial charge in [-0.05, 0) is 54.4 Å². The number of aliphatic hydroxyl groups is 1. The zero-order valence-electron chi connectivity index (χ0n) is 27.4. The summed E-state index contributed by atoms with van der Waals surface area (Å²) in [6.07, 6.45) is 3.50. The van der Waals surface area contributed by atoms with Crippen LogP contribution < -0.4 is 16.4 Å². The van der Waals surface area contributed by atoms with Crippen LogP contribution >= 0.6 is 0 Å². The fourth-order valence-corrected chi connectivity index (χ4v) is 5.64. The molecular formula is C38H45N5O5. The first-order valence-electron chi connectivity index (χ1n) is 16.4. The van der Waals surface area contributed by atoms with Gasteiger partial charge >= 0.3 is 0 Å². The number of benzene rings is 3. The van der Waals surface area contributed by atoms with E-state index < -0.39 is 6.29 Å². The molecule has 3 aromatic carbocycles. The third-order valence-electron chi connectivity index (χ3n) is 8.39. The molecule has 252 valence electrons. The van der Waals surface area contributed by atoms with Crippen molar-refractivity contribution in [3.63, 3.8) is 0 Å². The Hall–Kier alpha value is -4.61. The highest BCUT2D eigenvalue weighted by atomic mass is 16.7. The fraction of sp³-hybridized carbons (Fsp3) is 0.342. The van der Waals surface area contributed by atoms with Gasteiger partial charge in [0.2, 0.25) is 11.8 Å². The number of hydrogen-bond acceptors (Lipinski definition) is 8. The van der Waals surface area contributed by atoms with Gasteiger partial charge < -0.3 is 35.8 Å². The number of nitrogens with one attached hydrogen (secondary N) is 2. The molecule has 0 bridgehead atoms. The number of hydrogen-bond donors (Lipinski definition) is 4. The lowest BCUT2D eigenvalue weighted by Crippen LogP contribution is -2.38. The van der Waals surface area contributed by atoms with E-state index in [2.05, 4.69) is 27.6 Å². The van der Waals surface area contributed by atoms with E-state index in [9.17, 15) is 14.7 Å². The smallest absolute Gasteiger partial charge is 0.224 e. The summed E-state index contributed by atoms with van der Waals surface area (Å²) >= 11 is 0. The van der Waals surface area contributed by atoms with Crippen LogP contribution in [0.4, 0.5) is 11.4 Å². The Labute approximate surface area is 282 Å². The molecule has 3 atom stereocenters. The number of anilines is 2. The van der Waals surface area contributed by atoms with Crippen LogP contribution in [0.2, 0.25) is 0 Å². The maximum atomic E-state index is 12.5. The summed E-state index contributed by atoms with van der Waals surface area (Å²) < 4.78 is 13.0. The van der Waals surface area contributed by atoms with E-state index in [1.807, 2.05) is 72.9 Å². The minimum atomic E-state index is -0.559. The second-order valence-corrected chi connectivity index (χ2v) is 12.2. The normalized spacial score (nSPS) is 17.6. The summed E-state index contributed by atoms with van der Waals surface area (Å²) in [5.74, 6) is -0.290. The summed E-state index contributed by atoms with van der Waals surface area (Å²) in [6, 6.07) is 28.8. The molecule has 0 saturated carbocycles. The van der Waals surface area contributed by atoms with Gasteiger partial charge in [-0.3, -0.25) is 14.6 Å². The van der Waals surface area contributed by atoms with Crippen molar-refractivity contribution in [2.24, 2.45) is 0 Å². The minimum absolute atomic E-state index is 0.00409. The molecule has 10 nitrogen and oxygen atoms in total. The summed E-state index contributed by atoms with van der Waals surface area (Å²) in [6.45, 7) is 1.97. The topological polar surface area (TPSA) is 139 Å². The molecule has 0 spiro atoms. The Balaban J connectivity index is 1.13. The number of amides is 2. The van der Waals surface area contributed by atoms with E-state index in [1.54, 1.807) is 24.3 Å². The number of aliphatic hydroxyl groups excluding tert-OH is 1. The van der Waals surface area contributed by atoms with Crippen LogP contribution in [0.3, 0.4) is 0 Å². The molecule has 0 radical (unpaired) electrons. The van der Waals surface area contributed by atoms with Crippen molar-refractivity contribution in [3.8, 4) is 0 Å². The molecule has 10 heteroatoms. The SMILES string of the molecule is CN(CCc1ccccn1)C[C@@H]1C[C@H](c2ccc(CO)cc2)O[C@H](c2ccc(CNC(=O)CCCC(=O)Nc3ccccc3N)cc2)O1. The maximum absolute atomic E-state index is 12.5. The van der Waals surface area contributed by atoms with Gasteiger partial charge in [0.15, 0.2) is 6.29 Å². The van der Waals surface area contributed by atoms with Crippen LogP contribution in [0, 0.1) is 0 Å². The third-order valence-corrected chi connectivity index (χ3v) is 8.39. The van der Waals surface area contributed by atoms with E-state index in [0.717, 1.165) is 47.5 Å². The first kappa shape index (κ1) is 34.7. The number of aromatic nitrogens is 1. The van der Waals surface area contributed by atoms with Gasteiger partial charge in [0.05, 0.1) is 30.2 Å². The third kappa shape index (κ3) is 10.4. The molecule has 1 saturated heterocycles. The Morgan fingerprint density at radius 3 is 2.33 bits per heavy atom. The lowest BCUT2D eigenvalue weighted by Gasteiger charge is -2.38. The average molecular weight is 652 g/mol. The number of nitrogen functional groups attached to an aromatic ring is 1. The highest BCUT2D eigenvalue weighted by molar-refractivity contribution is 5.93. The number of para-hydroxylation sites is 2. The Morgan fingerprint density at radius 1 is 0.896 bits per heavy atom. The van der Waals surface area contributed by atoms with Crippen LogP contribution in [0.5, 0.6) is 0 Å². The molecule has 0 aliphatic carbocycles. The number of nitrogens with zero attached hydrogens (tertiary/aromatic N) is 2. The average Bonchev–Trinajstić information content (AvgIpc) is 3.11. The molecule has 1 aliphatic rings. The molecule has 1 aromatic heterocycles. The summed E-state index contributed by atoms with van der Waals surface area (Å²) in [7, 11) is 2.10. The number of pyridine rings is 1. The van der Waals surface area contributed by atoms with Gasteiger partial charge in [0.1, 0.15) is 0 Å². The standard InChI is InChI=1S/C38H45N5O5/c1-43(22-20-31-7-4-5-21-40-31)25-32-23-35(29-16-14-28(26-44)15-17-29)48-38(47-32)30-18-12-27(13-19-30)24-41-36(45)10-6-11-37(46)42-34-9-3-2-8-33(34)39/h2-5,7-9,12-19,21,32,35,38,44H,6,10-11,20,22-26,39H2,1H3,(H,41,45)(H,42,46)/t32-,35+,38+/m0/s1. The number of nitrogens with two attached hydrogens (primary N) is 1. The first-order chi connectivity index (χ1) is 23.4. The van der Waals surface area contributed by atoms with Crippen molar-refractivity contribution in [2.75, 3.05) is 31.2 Å². The summed E-state index contributed by atoms with van der Waals surface area (Å²) in [5.41, 5.74) is 11.8. The lowest BCUT2D eigenvalue weighted by molar-refractivity contribution is -0.252. The highest BCUT2D eigenvalue weighted by Crippen LogP contribution is 2.38. The number of carbonyl (C=O) groups is 2. The molecule has 1 fully saturated rings. The predicted molar refractivity (Wildman–Crippen MR) is 185 cm³/mol. The monoisotopic (exact) mass is 651 g/mol. The van der Waals surface area contributed by atoms with Crippen LogP contribution in [0.15, 0.2) is 97.2 Å². The van der Waals surface area contributed by atoms with Crippen molar-refractivity contribution in [1.29, 1.82) is 0 Å². The molecule has 48 heavy (non-hydrogen) atoms. The van der Waals surface area contributed by atoms with Gasteiger partial charge in [-0.25, -0.2) is 0 Å². The zero-order valence-corrected chi connectivity index (χ0v) is 27.4. The lowest BCUT2D eigenvalue weighted by atomic mass is 9.99. The summed E-state index contributed by atoms with van der Waals surface area (Å²) in [4.78, 5) is 31.4. The molecular weight excluding hydrogens is 606 g/mol. The van der Waals surface area contributed by atoms with E-state index in [-0.39, 0.29) is 43.5 Å². The van der Waals surface area contributed by atoms with Crippen LogP contribution in [0.25, 0.3) is 0 Å². The van der Waals surface area contributed by atoms with Crippen molar-refractivity contribution in [1.82, 2.24) is 15.2 Å². The van der Waals surface area contributed by atoms with E-state index in [1.165, 1.54) is 0 Å². The molecule has 2 heterocycles. The van der Waals surface area contributed by atoms with E-state index in [4.69, 9.17) is 15.2 Å². The maximum Gasteiger partial charge on any atom is 0.224 e. The van der Waals surface area contributed by atoms with Gasteiger partial charge in [0.25, 0.3) is 0 Å². The number of ether oxygens (including phenoxy) is 2. The second kappa shape index (κ2) is 17.5. The highest BCUT2D eigenvalue weighted by Gasteiger charge is 2.32. The van der Waals surface area contributed by atoms with E-state index in [0.29, 0.717) is 30.8 Å². The Kier molecular flexibility index (Phi) is 12.7. The van der Waals surface area contributed by atoms with Crippen LogP contribution in [-0.2, 0) is 38.6 Å². The summed E-state index contributed by atoms with van der Waals surface area (Å²) in [5, 5.41) is 15.2. The number of rotatable bonds is 15. The van der Waals surface area contributed by atoms with Crippen molar-refractivity contribution in [2.45, 2.75) is 63.8 Å². The first-order valence-corrected chi connectivity index (χ1v) is 16.4. The number of carbonyl (C=O) groups excluding carboxylic acids is 2. The van der Waals surface area contributed by atoms with E-state index >= 15 is 0 Å². The van der Waals surface area contributed by atoms with Gasteiger partial charge in [-0.15, -0.1) is 0 Å². The molecule has 4 aromatic rings. The Bertz CT molecular complexity index is 1600. The predicted octanol–water partition coefficient (Wildman–Crippen LogP) is 5.30. The second-order valence-electron chi connectivity index (χ2n) is 12.2. The molecule has 5 rings (SSSR count). The molecule has 1 aliphatic heterocycles. The van der Waals surface area contributed by atoms with Crippen LogP contribution in [-0.4, -0.2) is 53.0 Å². The largest absolute Gasteiger partial charge is 0.397 e. The van der Waals surface area contributed by atoms with Crippen molar-refractivity contribution < 1.29 is 24.2 Å². The molecule has 5 N–H and O–H groups in total. The minimum Gasteiger partial charge on any atom is -0.397 e. The quantitative estimate of drug-likeness (QED) is 0.127. The van der Waals surface area contributed by atoms with Crippen molar-refractivity contribution in [3.05, 3.63) is 125 Å². The van der Waals surface area contributed by atoms with Gasteiger partial charge in [-0.1, -0.05) is 66.7 Å². The Morgan fingerprint density at radius 2 is 1.60 bits per heavy atom. The number of likely N-dealkylation sites (N-methyl/N-ethyl adjacent to an activating group) is 1. The van der Waals surface area contributed by atoms with Gasteiger partial charge in [0, 0.05) is 62.8 Å². The zero-order chi connectivity index (χ0) is 33.7. The molecule has 2 amide bonds. The fourth-order valence-electron chi connectivity index (χ4n) is 5.64. The molecule has 0 unspecified atom stereocenters. The van der Waals surface area contributed by atoms with Crippen molar-refractivity contribution >= 4 is 23.2 Å². The van der Waals surface area contributed by atoms with Gasteiger partial charge in [-0.2, -0.15) is 0 Å².